The van der Waals surface area contributed by atoms with Crippen molar-refractivity contribution in [2.24, 2.45) is 5.41 Å². The first kappa shape index (κ1) is 20.3. The second kappa shape index (κ2) is 7.70. The Morgan fingerprint density at radius 1 is 1.30 bits per heavy atom. The first-order chi connectivity index (χ1) is 14.3. The summed E-state index contributed by atoms with van der Waals surface area (Å²) in [5.74, 6) is -3.35. The highest BCUT2D eigenvalue weighted by Gasteiger charge is 2.56. The zero-order chi connectivity index (χ0) is 21.4. The molecule has 1 atom stereocenters. The minimum atomic E-state index is -3.14. The Morgan fingerprint density at radius 3 is 2.87 bits per heavy atom. The number of nitrogens with one attached hydrogen (secondary N) is 1. The molecular formula is C21H24F2N4O3. The number of methoxy groups -OCH3 is 1. The van der Waals surface area contributed by atoms with E-state index in [4.69, 9.17) is 4.74 Å². The molecule has 0 bridgehead atoms. The van der Waals surface area contributed by atoms with E-state index in [0.29, 0.717) is 31.7 Å². The topological polar surface area (TPSA) is 78.5 Å². The summed E-state index contributed by atoms with van der Waals surface area (Å²) in [6, 6.07) is 8.79. The summed E-state index contributed by atoms with van der Waals surface area (Å²) in [7, 11) is 1.57. The lowest BCUT2D eigenvalue weighted by Crippen LogP contribution is -2.61. The summed E-state index contributed by atoms with van der Waals surface area (Å²) >= 11 is 0. The standard InChI is InChI=1S/C21H24F2N4O3/c1-30-16-5-2-4-15(10-16)11-26-9-3-7-20(19(26)29)12-21(22,23)14-27(13-20)18(28)17-6-8-24-25-17/h2,4-6,8,10H,3,7,9,11-14H2,1H3,(H,24,25). The van der Waals surface area contributed by atoms with Gasteiger partial charge in [-0.25, -0.2) is 8.78 Å². The van der Waals surface area contributed by atoms with Crippen molar-refractivity contribution < 1.29 is 23.1 Å². The average Bonchev–Trinajstić information content (AvgIpc) is 3.25. The zero-order valence-corrected chi connectivity index (χ0v) is 16.7. The smallest absolute Gasteiger partial charge is 0.272 e. The van der Waals surface area contributed by atoms with Crippen molar-refractivity contribution in [3.8, 4) is 5.75 Å². The maximum Gasteiger partial charge on any atom is 0.272 e. The van der Waals surface area contributed by atoms with E-state index in [1.54, 1.807) is 12.0 Å². The van der Waals surface area contributed by atoms with Crippen LogP contribution in [-0.2, 0) is 11.3 Å². The minimum Gasteiger partial charge on any atom is -0.497 e. The molecule has 0 radical (unpaired) electrons. The molecule has 2 aliphatic rings. The molecule has 1 aromatic heterocycles. The monoisotopic (exact) mass is 418 g/mol. The molecule has 9 heteroatoms. The van der Waals surface area contributed by atoms with Crippen LogP contribution >= 0.6 is 0 Å². The SMILES string of the molecule is COc1cccc(CN2CCCC3(CN(C(=O)c4ccn[nH]4)CC(F)(F)C3)C2=O)c1. The van der Waals surface area contributed by atoms with E-state index < -0.39 is 30.2 Å². The van der Waals surface area contributed by atoms with Gasteiger partial charge in [0.15, 0.2) is 0 Å². The molecule has 1 unspecified atom stereocenters. The highest BCUT2D eigenvalue weighted by molar-refractivity contribution is 5.93. The first-order valence-corrected chi connectivity index (χ1v) is 9.91. The Balaban J connectivity index is 1.57. The summed E-state index contributed by atoms with van der Waals surface area (Å²) < 4.78 is 34.6. The zero-order valence-electron chi connectivity index (χ0n) is 16.7. The number of likely N-dealkylation sites (tertiary alicyclic amines) is 2. The number of hydrogen-bond acceptors (Lipinski definition) is 4. The Bertz CT molecular complexity index is 934. The van der Waals surface area contributed by atoms with Crippen LogP contribution in [0.15, 0.2) is 36.5 Å². The van der Waals surface area contributed by atoms with E-state index >= 15 is 0 Å². The van der Waals surface area contributed by atoms with Crippen LogP contribution in [0.4, 0.5) is 8.78 Å². The third kappa shape index (κ3) is 3.88. The van der Waals surface area contributed by atoms with Gasteiger partial charge in [-0.15, -0.1) is 0 Å². The summed E-state index contributed by atoms with van der Waals surface area (Å²) in [5.41, 5.74) is -0.277. The van der Waals surface area contributed by atoms with Gasteiger partial charge in [0.1, 0.15) is 11.4 Å². The van der Waals surface area contributed by atoms with Crippen LogP contribution in [0, 0.1) is 5.41 Å². The van der Waals surface area contributed by atoms with E-state index in [0.717, 1.165) is 10.5 Å². The second-order valence-electron chi connectivity index (χ2n) is 8.13. The predicted octanol–water partition coefficient (Wildman–Crippen LogP) is 2.71. The van der Waals surface area contributed by atoms with Crippen molar-refractivity contribution in [3.63, 3.8) is 0 Å². The number of aromatic nitrogens is 2. The Hall–Kier alpha value is -2.97. The van der Waals surface area contributed by atoms with E-state index in [-0.39, 0.29) is 18.1 Å². The van der Waals surface area contributed by atoms with E-state index in [1.807, 2.05) is 24.3 Å². The number of ether oxygens (including phenoxy) is 1. The highest BCUT2D eigenvalue weighted by Crippen LogP contribution is 2.45. The number of benzene rings is 1. The van der Waals surface area contributed by atoms with Gasteiger partial charge < -0.3 is 14.5 Å². The number of alkyl halides is 2. The van der Waals surface area contributed by atoms with Crippen LogP contribution < -0.4 is 4.74 Å². The molecule has 1 aromatic carbocycles. The van der Waals surface area contributed by atoms with Gasteiger partial charge in [-0.3, -0.25) is 14.7 Å². The molecule has 2 saturated heterocycles. The number of rotatable bonds is 4. The summed E-state index contributed by atoms with van der Waals surface area (Å²) in [4.78, 5) is 28.8. The third-order valence-corrected chi connectivity index (χ3v) is 5.86. The summed E-state index contributed by atoms with van der Waals surface area (Å²) in [5, 5.41) is 6.24. The van der Waals surface area contributed by atoms with E-state index in [1.165, 1.54) is 12.3 Å². The molecule has 2 aromatic rings. The number of nitrogens with zero attached hydrogens (tertiary/aromatic N) is 3. The molecule has 1 spiro atoms. The van der Waals surface area contributed by atoms with Crippen molar-refractivity contribution >= 4 is 11.8 Å². The Kier molecular flexibility index (Phi) is 5.21. The molecule has 2 amide bonds. The quantitative estimate of drug-likeness (QED) is 0.828. The van der Waals surface area contributed by atoms with Crippen LogP contribution in [0.5, 0.6) is 5.75 Å². The number of piperidine rings is 2. The molecule has 4 rings (SSSR count). The molecular weight excluding hydrogens is 394 g/mol. The van der Waals surface area contributed by atoms with Gasteiger partial charge in [-0.05, 0) is 36.6 Å². The van der Waals surface area contributed by atoms with Crippen molar-refractivity contribution in [1.29, 1.82) is 0 Å². The van der Waals surface area contributed by atoms with Gasteiger partial charge in [-0.2, -0.15) is 5.10 Å². The van der Waals surface area contributed by atoms with Crippen LogP contribution in [0.1, 0.15) is 35.3 Å². The lowest BCUT2D eigenvalue weighted by molar-refractivity contribution is -0.166. The van der Waals surface area contributed by atoms with Gasteiger partial charge in [-0.1, -0.05) is 12.1 Å². The highest BCUT2D eigenvalue weighted by atomic mass is 19.3. The predicted molar refractivity (Wildman–Crippen MR) is 104 cm³/mol. The Labute approximate surface area is 173 Å². The number of carbonyl (C=O) groups is 2. The van der Waals surface area contributed by atoms with Crippen molar-refractivity contribution in [2.75, 3.05) is 26.7 Å². The lowest BCUT2D eigenvalue weighted by atomic mass is 9.71. The van der Waals surface area contributed by atoms with Gasteiger partial charge in [0.05, 0.1) is 19.1 Å². The molecule has 0 aliphatic carbocycles. The molecule has 2 aliphatic heterocycles. The van der Waals surface area contributed by atoms with Crippen molar-refractivity contribution in [2.45, 2.75) is 31.7 Å². The fraction of sp³-hybridized carbons (Fsp3) is 0.476. The number of halogens is 2. The minimum absolute atomic E-state index is 0.0200. The number of carbonyl (C=O) groups excluding carboxylic acids is 2. The van der Waals surface area contributed by atoms with Crippen LogP contribution in [0.3, 0.4) is 0 Å². The summed E-state index contributed by atoms with van der Waals surface area (Å²) in [6.07, 6.45) is 1.80. The molecule has 0 saturated carbocycles. The number of aromatic amines is 1. The van der Waals surface area contributed by atoms with Gasteiger partial charge in [0.25, 0.3) is 11.8 Å². The normalized spacial score (nSPS) is 23.6. The maximum absolute atomic E-state index is 14.7. The third-order valence-electron chi connectivity index (χ3n) is 5.86. The molecule has 160 valence electrons. The second-order valence-corrected chi connectivity index (χ2v) is 8.13. The lowest BCUT2D eigenvalue weighted by Gasteiger charge is -2.49. The average molecular weight is 418 g/mol. The molecule has 30 heavy (non-hydrogen) atoms. The Morgan fingerprint density at radius 2 is 2.13 bits per heavy atom. The maximum atomic E-state index is 14.7. The molecule has 2 fully saturated rings. The van der Waals surface area contributed by atoms with E-state index in [2.05, 4.69) is 10.2 Å². The van der Waals surface area contributed by atoms with E-state index in [9.17, 15) is 18.4 Å². The number of hydrogen-bond donors (Lipinski definition) is 1. The number of amides is 2. The van der Waals surface area contributed by atoms with Crippen LogP contribution in [0.25, 0.3) is 0 Å². The van der Waals surface area contributed by atoms with Crippen LogP contribution in [0.2, 0.25) is 0 Å². The van der Waals surface area contributed by atoms with Gasteiger partial charge >= 0.3 is 0 Å². The van der Waals surface area contributed by atoms with Crippen LogP contribution in [-0.4, -0.2) is 64.5 Å². The van der Waals surface area contributed by atoms with Gasteiger partial charge in [0.2, 0.25) is 5.91 Å². The van der Waals surface area contributed by atoms with Crippen molar-refractivity contribution in [3.05, 3.63) is 47.8 Å². The fourth-order valence-corrected chi connectivity index (χ4v) is 4.60. The largest absolute Gasteiger partial charge is 0.497 e. The summed E-state index contributed by atoms with van der Waals surface area (Å²) in [6.45, 7) is 0.0966. The van der Waals surface area contributed by atoms with Crippen molar-refractivity contribution in [1.82, 2.24) is 20.0 Å². The number of H-pyrrole nitrogens is 1. The fourth-order valence-electron chi connectivity index (χ4n) is 4.60. The molecule has 7 nitrogen and oxygen atoms in total. The first-order valence-electron chi connectivity index (χ1n) is 9.91. The molecule has 3 heterocycles. The molecule has 1 N–H and O–H groups in total. The van der Waals surface area contributed by atoms with Gasteiger partial charge in [0, 0.05) is 32.3 Å².